The van der Waals surface area contributed by atoms with Gasteiger partial charge in [0.05, 0.1) is 0 Å². The van der Waals surface area contributed by atoms with Crippen molar-refractivity contribution in [3.8, 4) is 0 Å². The molecule has 1 saturated carbocycles. The molecule has 1 unspecified atom stereocenters. The van der Waals surface area contributed by atoms with E-state index in [-0.39, 0.29) is 7.43 Å². The molecular weight excluding hydrogens is 370 g/mol. The Labute approximate surface area is 59.7 Å². The first-order valence-corrected chi connectivity index (χ1v) is 3.64. The average Bonchev–Trinajstić information content (AvgIpc) is 2.14. The molecule has 10 heavy (non-hydrogen) atoms. The molecule has 0 aromatic carbocycles. The van der Waals surface area contributed by atoms with Crippen molar-refractivity contribution >= 4 is 0 Å². The third kappa shape index (κ3) is 2.52. The molecule has 1 aliphatic carbocycles. The molecule has 0 aliphatic heterocycles. The predicted molar refractivity (Wildman–Crippen MR) is 43.0 cm³/mol. The van der Waals surface area contributed by atoms with Gasteiger partial charge >= 0.3 is 0 Å². The third-order valence-corrected chi connectivity index (χ3v) is 2.19. The summed E-state index contributed by atoms with van der Waals surface area (Å²) in [6.07, 6.45) is 5.66. The summed E-state index contributed by atoms with van der Waals surface area (Å²) in [5.41, 5.74) is 0. The van der Waals surface area contributed by atoms with Crippen LogP contribution in [0.25, 0.3) is 0 Å². The summed E-state index contributed by atoms with van der Waals surface area (Å²) < 4.78 is 0. The van der Waals surface area contributed by atoms with Gasteiger partial charge in [0, 0.05) is 0 Å². The van der Waals surface area contributed by atoms with Crippen molar-refractivity contribution in [1.29, 1.82) is 0 Å². The zero-order valence-corrected chi connectivity index (χ0v) is 9.31. The van der Waals surface area contributed by atoms with Crippen LogP contribution in [0.4, 0.5) is 0 Å². The molecular formula is C9H18Lr-2. The number of rotatable bonds is 1. The van der Waals surface area contributed by atoms with E-state index in [1.807, 2.05) is 0 Å². The maximum absolute atomic E-state index is 2.29. The van der Waals surface area contributed by atoms with Gasteiger partial charge in [0.2, 0.25) is 0 Å². The zero-order valence-electron chi connectivity index (χ0n) is 7.16. The van der Waals surface area contributed by atoms with Crippen LogP contribution in [0.1, 0.15) is 39.5 Å². The molecule has 0 N–H and O–H groups in total. The monoisotopic (exact) mass is 388 g/mol. The summed E-state index contributed by atoms with van der Waals surface area (Å²) in [4.78, 5) is 0. The number of hydrogen-bond acceptors (Lipinski definition) is 0. The van der Waals surface area contributed by atoms with Crippen LogP contribution in [-0.4, -0.2) is 0 Å². The van der Waals surface area contributed by atoms with Gasteiger partial charge in [-0.2, -0.15) is 19.8 Å². The Morgan fingerprint density at radius 2 is 2.10 bits per heavy atom. The van der Waals surface area contributed by atoms with Crippen molar-refractivity contribution in [3.63, 3.8) is 0 Å². The molecule has 1 rings (SSSR count). The zero-order chi connectivity index (χ0) is 5.98. The summed E-state index contributed by atoms with van der Waals surface area (Å²) in [6, 6.07) is 0. The summed E-state index contributed by atoms with van der Waals surface area (Å²) in [6.45, 7) is 4.58. The summed E-state index contributed by atoms with van der Waals surface area (Å²) in [7, 11) is 0. The van der Waals surface area contributed by atoms with Crippen LogP contribution in [-0.2, 0) is 0 Å². The van der Waals surface area contributed by atoms with Crippen molar-refractivity contribution in [2.75, 3.05) is 0 Å². The van der Waals surface area contributed by atoms with Gasteiger partial charge in [0.15, 0.2) is 0 Å². The molecule has 0 amide bonds. The Bertz CT molecular complexity index is 71.1. The SMILES string of the molecule is CCC1CC[C-](C)C1.[CH3-].[Lr]. The maximum Gasteiger partial charge on any atom is 0 e. The van der Waals surface area contributed by atoms with E-state index in [0.29, 0.717) is 0 Å². The minimum absolute atomic E-state index is 0. The van der Waals surface area contributed by atoms with E-state index >= 15 is 0 Å². The fourth-order valence-corrected chi connectivity index (χ4v) is 1.50. The van der Waals surface area contributed by atoms with Gasteiger partial charge in [-0.3, -0.25) is 0 Å². The van der Waals surface area contributed by atoms with Gasteiger partial charge in [-0.15, -0.1) is 0 Å². The van der Waals surface area contributed by atoms with Crippen molar-refractivity contribution < 1.29 is 0 Å². The molecule has 1 aliphatic rings. The molecule has 1 radical (unpaired) electrons. The first-order valence-electron chi connectivity index (χ1n) is 3.64. The van der Waals surface area contributed by atoms with E-state index in [0.717, 1.165) is 5.92 Å². The molecule has 0 bridgehead atoms. The second-order valence-electron chi connectivity index (χ2n) is 2.97. The van der Waals surface area contributed by atoms with Crippen molar-refractivity contribution in [1.82, 2.24) is 0 Å². The van der Waals surface area contributed by atoms with E-state index in [2.05, 4.69) is 13.8 Å². The van der Waals surface area contributed by atoms with Crippen LogP contribution >= 0.6 is 0 Å². The first kappa shape index (κ1) is 11.8. The Morgan fingerprint density at radius 3 is 2.30 bits per heavy atom. The van der Waals surface area contributed by atoms with Gasteiger partial charge in [0.25, 0.3) is 0 Å². The molecule has 0 heterocycles. The molecule has 0 nitrogen and oxygen atoms in total. The van der Waals surface area contributed by atoms with E-state index in [1.54, 1.807) is 5.92 Å². The molecule has 0 saturated heterocycles. The van der Waals surface area contributed by atoms with Crippen LogP contribution in [0, 0.1) is 19.3 Å². The molecule has 0 aromatic rings. The van der Waals surface area contributed by atoms with Crippen molar-refractivity contribution in [2.24, 2.45) is 5.92 Å². The summed E-state index contributed by atoms with van der Waals surface area (Å²) in [5.74, 6) is 2.76. The summed E-state index contributed by atoms with van der Waals surface area (Å²) >= 11 is 0. The topological polar surface area (TPSA) is 0 Å². The second kappa shape index (κ2) is 4.84. The van der Waals surface area contributed by atoms with Gasteiger partial charge in [-0.05, 0) is 0 Å². The minimum Gasteiger partial charge on any atom is -0.358 e. The molecule has 1 heteroatoms. The van der Waals surface area contributed by atoms with Gasteiger partial charge in [-0.1, -0.05) is 25.7 Å². The van der Waals surface area contributed by atoms with Crippen LogP contribution in [0.5, 0.6) is 0 Å². The summed E-state index contributed by atoms with van der Waals surface area (Å²) in [5, 5.41) is 0. The predicted octanol–water partition coefficient (Wildman–Crippen LogP) is 3.24. The van der Waals surface area contributed by atoms with E-state index in [9.17, 15) is 0 Å². The molecule has 0 aromatic heterocycles. The standard InChI is InChI=1S/C8H15.CH3.Lr/c1-3-8-5-4-7(2)6-8;;/h8H,3-6H2,1-2H3;1H3;/q2*-1;. The van der Waals surface area contributed by atoms with Crippen LogP contribution in [0.15, 0.2) is 0 Å². The van der Waals surface area contributed by atoms with Crippen molar-refractivity contribution in [3.05, 3.63) is 13.3 Å². The minimum atomic E-state index is 0. The fourth-order valence-electron chi connectivity index (χ4n) is 1.50. The van der Waals surface area contributed by atoms with E-state index < -0.39 is 0 Å². The van der Waals surface area contributed by atoms with E-state index in [1.165, 1.54) is 25.7 Å². The Balaban J connectivity index is 0. The maximum atomic E-state index is 2.29. The average molecular weight is 388 g/mol. The normalized spacial score (nSPS) is 25.2. The Hall–Kier alpha value is -1.00. The van der Waals surface area contributed by atoms with Crippen LogP contribution in [0.2, 0.25) is 0 Å². The smallest absolute Gasteiger partial charge is 0 e. The third-order valence-electron chi connectivity index (χ3n) is 2.19. The number of hydrogen-bond donors (Lipinski definition) is 0. The molecule has 1 fully saturated rings. The van der Waals surface area contributed by atoms with Gasteiger partial charge < -0.3 is 13.3 Å². The Morgan fingerprint density at radius 1 is 1.50 bits per heavy atom. The quantitative estimate of drug-likeness (QED) is 0.606. The van der Waals surface area contributed by atoms with Crippen LogP contribution in [0.3, 0.4) is 0 Å². The fraction of sp³-hybridized carbons (Fsp3) is 0.778. The van der Waals surface area contributed by atoms with Crippen molar-refractivity contribution in [2.45, 2.75) is 39.5 Å². The van der Waals surface area contributed by atoms with Crippen LogP contribution < -0.4 is 0 Å². The Kier molecular flexibility index (Phi) is 5.69. The first-order chi connectivity index (χ1) is 3.83. The largest absolute Gasteiger partial charge is 0.358 e. The molecule has 1 atom stereocenters. The molecule has 0 spiro atoms. The van der Waals surface area contributed by atoms with E-state index in [4.69, 9.17) is 0 Å². The van der Waals surface area contributed by atoms with Gasteiger partial charge in [-0.25, -0.2) is 0 Å². The second-order valence-corrected chi connectivity index (χ2v) is 2.97. The van der Waals surface area contributed by atoms with Gasteiger partial charge in [0.1, 0.15) is 0 Å². The molecule has 71 valence electrons.